The highest BCUT2D eigenvalue weighted by Gasteiger charge is 2.35. The van der Waals surface area contributed by atoms with Crippen LogP contribution < -0.4 is 4.90 Å². The Kier molecular flexibility index (Phi) is 4.46. The molecule has 28 heavy (non-hydrogen) atoms. The van der Waals surface area contributed by atoms with Crippen molar-refractivity contribution in [2.75, 3.05) is 4.90 Å². The third-order valence-corrected chi connectivity index (χ3v) is 5.40. The quantitative estimate of drug-likeness (QED) is 0.668. The molecule has 0 aliphatic carbocycles. The van der Waals surface area contributed by atoms with E-state index in [0.29, 0.717) is 16.6 Å². The standard InChI is InChI=1S/C17H11F3N4O3S/c18-8-5-9(19)15-16(14(8)20)22-24(21-15)7-23-10-3-1-2-4-11(10)28-12(17(23)27)6-13(25)26/h1-5,12H,6-7H2,(H,25,26). The normalized spacial score (nSPS) is 16.5. The van der Waals surface area contributed by atoms with Gasteiger partial charge in [0, 0.05) is 11.0 Å². The summed E-state index contributed by atoms with van der Waals surface area (Å²) in [5.41, 5.74) is -0.563. The average molecular weight is 408 g/mol. The number of hydrogen-bond donors (Lipinski definition) is 1. The Balaban J connectivity index is 1.74. The predicted octanol–water partition coefficient (Wildman–Crippen LogP) is 2.79. The van der Waals surface area contributed by atoms with Gasteiger partial charge in [0.25, 0.3) is 0 Å². The van der Waals surface area contributed by atoms with Gasteiger partial charge in [-0.15, -0.1) is 22.0 Å². The van der Waals surface area contributed by atoms with Crippen molar-refractivity contribution in [2.45, 2.75) is 23.2 Å². The molecule has 1 atom stereocenters. The molecule has 0 saturated carbocycles. The van der Waals surface area contributed by atoms with E-state index in [1.54, 1.807) is 24.3 Å². The molecular formula is C17H11F3N4O3S. The maximum atomic E-state index is 13.9. The zero-order valence-corrected chi connectivity index (χ0v) is 14.8. The molecule has 1 N–H and O–H groups in total. The van der Waals surface area contributed by atoms with Crippen molar-refractivity contribution < 1.29 is 27.9 Å². The van der Waals surface area contributed by atoms with Crippen LogP contribution in [0.15, 0.2) is 35.2 Å². The minimum atomic E-state index is -1.39. The summed E-state index contributed by atoms with van der Waals surface area (Å²) in [6.45, 7) is -0.318. The second-order valence-corrected chi connectivity index (χ2v) is 7.25. The highest BCUT2D eigenvalue weighted by Crippen LogP contribution is 2.40. The van der Waals surface area contributed by atoms with E-state index in [2.05, 4.69) is 10.2 Å². The summed E-state index contributed by atoms with van der Waals surface area (Å²) in [5.74, 6) is -5.45. The van der Waals surface area contributed by atoms with Gasteiger partial charge in [-0.3, -0.25) is 14.5 Å². The average Bonchev–Trinajstić information content (AvgIpc) is 3.07. The highest BCUT2D eigenvalue weighted by atomic mass is 32.2. The first-order valence-electron chi connectivity index (χ1n) is 8.02. The largest absolute Gasteiger partial charge is 0.481 e. The Labute approximate surface area is 159 Å². The van der Waals surface area contributed by atoms with Crippen LogP contribution in [0, 0.1) is 17.5 Å². The van der Waals surface area contributed by atoms with Gasteiger partial charge >= 0.3 is 5.97 Å². The summed E-state index contributed by atoms with van der Waals surface area (Å²) in [5, 5.41) is 15.7. The Morgan fingerprint density at radius 3 is 2.61 bits per heavy atom. The maximum absolute atomic E-state index is 13.9. The summed E-state index contributed by atoms with van der Waals surface area (Å²) >= 11 is 1.13. The van der Waals surface area contributed by atoms with E-state index in [-0.39, 0.29) is 6.67 Å². The summed E-state index contributed by atoms with van der Waals surface area (Å²) in [6, 6.07) is 7.19. The zero-order chi connectivity index (χ0) is 20.0. The molecular weight excluding hydrogens is 397 g/mol. The summed E-state index contributed by atoms with van der Waals surface area (Å²) < 4.78 is 41.1. The molecule has 1 aliphatic heterocycles. The number of amides is 1. The second-order valence-electron chi connectivity index (χ2n) is 6.00. The van der Waals surface area contributed by atoms with Crippen LogP contribution in [0.25, 0.3) is 11.0 Å². The van der Waals surface area contributed by atoms with Crippen molar-refractivity contribution >= 4 is 40.4 Å². The minimum Gasteiger partial charge on any atom is -0.481 e. The molecule has 11 heteroatoms. The van der Waals surface area contributed by atoms with Crippen molar-refractivity contribution in [1.29, 1.82) is 0 Å². The fourth-order valence-electron chi connectivity index (χ4n) is 2.91. The summed E-state index contributed by atoms with van der Waals surface area (Å²) in [6.07, 6.45) is -0.392. The van der Waals surface area contributed by atoms with Gasteiger partial charge in [0.05, 0.1) is 17.4 Å². The molecule has 1 aliphatic rings. The number of hydrogen-bond acceptors (Lipinski definition) is 5. The first kappa shape index (κ1) is 18.3. The highest BCUT2D eigenvalue weighted by molar-refractivity contribution is 8.01. The van der Waals surface area contributed by atoms with E-state index in [1.807, 2.05) is 0 Å². The van der Waals surface area contributed by atoms with E-state index in [0.717, 1.165) is 16.6 Å². The molecule has 0 radical (unpaired) electrons. The van der Waals surface area contributed by atoms with Crippen molar-refractivity contribution in [3.63, 3.8) is 0 Å². The van der Waals surface area contributed by atoms with Crippen molar-refractivity contribution in [1.82, 2.24) is 15.0 Å². The summed E-state index contributed by atoms with van der Waals surface area (Å²) in [4.78, 5) is 26.7. The van der Waals surface area contributed by atoms with Gasteiger partial charge in [-0.25, -0.2) is 13.2 Å². The number of nitrogens with zero attached hydrogens (tertiary/aromatic N) is 4. The minimum absolute atomic E-state index is 0.318. The lowest BCUT2D eigenvalue weighted by molar-refractivity contribution is -0.138. The fraction of sp³-hybridized carbons (Fsp3) is 0.176. The van der Waals surface area contributed by atoms with E-state index < -0.39 is 52.0 Å². The number of carboxylic acids is 1. The number of anilines is 1. The number of aliphatic carboxylic acids is 1. The van der Waals surface area contributed by atoms with Gasteiger partial charge < -0.3 is 5.11 Å². The van der Waals surface area contributed by atoms with E-state index in [9.17, 15) is 22.8 Å². The Morgan fingerprint density at radius 1 is 1.14 bits per heavy atom. The third-order valence-electron chi connectivity index (χ3n) is 4.15. The van der Waals surface area contributed by atoms with Crippen LogP contribution in [-0.4, -0.2) is 37.2 Å². The lowest BCUT2D eigenvalue weighted by Gasteiger charge is -2.32. The lowest BCUT2D eigenvalue weighted by atomic mass is 10.2. The molecule has 1 aromatic heterocycles. The molecule has 3 aromatic rings. The van der Waals surface area contributed by atoms with Gasteiger partial charge in [0.2, 0.25) is 5.91 Å². The molecule has 2 aromatic carbocycles. The smallest absolute Gasteiger partial charge is 0.305 e. The first-order chi connectivity index (χ1) is 13.3. The van der Waals surface area contributed by atoms with Gasteiger partial charge in [-0.05, 0) is 12.1 Å². The number of carbonyl (C=O) groups excluding carboxylic acids is 1. The maximum Gasteiger partial charge on any atom is 0.305 e. The van der Waals surface area contributed by atoms with Crippen LogP contribution in [0.2, 0.25) is 0 Å². The SMILES string of the molecule is O=C(O)CC1Sc2ccccc2N(Cn2nc3c(F)cc(F)c(F)c3n2)C1=O. The number of rotatable bonds is 4. The van der Waals surface area contributed by atoms with Crippen LogP contribution in [0.4, 0.5) is 18.9 Å². The number of aromatic nitrogens is 3. The van der Waals surface area contributed by atoms with Gasteiger partial charge in [-0.1, -0.05) is 12.1 Å². The molecule has 0 spiro atoms. The van der Waals surface area contributed by atoms with Crippen LogP contribution in [0.3, 0.4) is 0 Å². The monoisotopic (exact) mass is 408 g/mol. The molecule has 0 fully saturated rings. The molecule has 144 valence electrons. The van der Waals surface area contributed by atoms with Crippen LogP contribution in [-0.2, 0) is 16.3 Å². The third kappa shape index (κ3) is 3.07. The zero-order valence-electron chi connectivity index (χ0n) is 14.0. The van der Waals surface area contributed by atoms with E-state index in [1.165, 1.54) is 4.90 Å². The number of thioether (sulfide) groups is 1. The summed E-state index contributed by atoms with van der Waals surface area (Å²) in [7, 11) is 0. The Bertz CT molecular complexity index is 1120. The Morgan fingerprint density at radius 2 is 1.86 bits per heavy atom. The molecule has 7 nitrogen and oxygen atoms in total. The van der Waals surface area contributed by atoms with Crippen LogP contribution in [0.5, 0.6) is 0 Å². The molecule has 1 unspecified atom stereocenters. The van der Waals surface area contributed by atoms with E-state index in [4.69, 9.17) is 5.11 Å². The molecule has 4 rings (SSSR count). The second kappa shape index (κ2) is 6.82. The topological polar surface area (TPSA) is 88.3 Å². The van der Waals surface area contributed by atoms with Crippen molar-refractivity contribution in [3.8, 4) is 0 Å². The number of benzene rings is 2. The van der Waals surface area contributed by atoms with Crippen molar-refractivity contribution in [3.05, 3.63) is 47.8 Å². The van der Waals surface area contributed by atoms with Gasteiger partial charge in [0.1, 0.15) is 6.67 Å². The number of carboxylic acid groups (broad SMARTS) is 1. The molecule has 0 saturated heterocycles. The fourth-order valence-corrected chi connectivity index (χ4v) is 4.13. The van der Waals surface area contributed by atoms with Gasteiger partial charge in [0.15, 0.2) is 28.5 Å². The Hall–Kier alpha value is -3.08. The van der Waals surface area contributed by atoms with E-state index >= 15 is 0 Å². The predicted molar refractivity (Wildman–Crippen MR) is 93.2 cm³/mol. The van der Waals surface area contributed by atoms with Crippen LogP contribution in [0.1, 0.15) is 6.42 Å². The molecule has 0 bridgehead atoms. The van der Waals surface area contributed by atoms with Crippen molar-refractivity contribution in [2.24, 2.45) is 0 Å². The molecule has 2 heterocycles. The first-order valence-corrected chi connectivity index (χ1v) is 8.90. The lowest BCUT2D eigenvalue weighted by Crippen LogP contribution is -2.43. The van der Waals surface area contributed by atoms with Crippen LogP contribution >= 0.6 is 11.8 Å². The van der Waals surface area contributed by atoms with Gasteiger partial charge in [-0.2, -0.15) is 4.80 Å². The number of fused-ring (bicyclic) bond motifs is 2. The number of carbonyl (C=O) groups is 2. The number of halogens is 3. The number of para-hydroxylation sites is 1. The molecule has 1 amide bonds.